The first-order chi connectivity index (χ1) is 6.40. The van der Waals surface area contributed by atoms with Crippen LogP contribution < -0.4 is 5.32 Å². The van der Waals surface area contributed by atoms with E-state index in [4.69, 9.17) is 0 Å². The molecule has 1 N–H and O–H groups in total. The molecule has 1 aliphatic heterocycles. The summed E-state index contributed by atoms with van der Waals surface area (Å²) in [5.74, 6) is 0.511. The van der Waals surface area contributed by atoms with Crippen molar-refractivity contribution >= 4 is 6.29 Å². The number of benzene rings is 1. The molecule has 0 aliphatic carbocycles. The second-order valence-corrected chi connectivity index (χ2v) is 3.49. The van der Waals surface area contributed by atoms with Crippen molar-refractivity contribution in [2.24, 2.45) is 0 Å². The summed E-state index contributed by atoms with van der Waals surface area (Å²) in [6, 6.07) is 10.4. The van der Waals surface area contributed by atoms with Crippen molar-refractivity contribution in [3.63, 3.8) is 0 Å². The summed E-state index contributed by atoms with van der Waals surface area (Å²) < 4.78 is 0. The molecule has 68 valence electrons. The van der Waals surface area contributed by atoms with Crippen LogP contribution in [0.3, 0.4) is 0 Å². The summed E-state index contributed by atoms with van der Waals surface area (Å²) in [7, 11) is 0. The second-order valence-electron chi connectivity index (χ2n) is 3.49. The highest BCUT2D eigenvalue weighted by molar-refractivity contribution is 5.58. The van der Waals surface area contributed by atoms with E-state index in [9.17, 15) is 4.79 Å². The fraction of sp³-hybridized carbons (Fsp3) is 0.364. The normalized spacial score (nSPS) is 27.4. The molecule has 1 unspecified atom stereocenters. The summed E-state index contributed by atoms with van der Waals surface area (Å²) in [5.41, 5.74) is 1.33. The molecule has 2 atom stereocenters. The van der Waals surface area contributed by atoms with Crippen LogP contribution in [-0.2, 0) is 4.79 Å². The lowest BCUT2D eigenvalue weighted by molar-refractivity contribution is -0.109. The lowest BCUT2D eigenvalue weighted by atomic mass is 9.97. The Bertz CT molecular complexity index is 283. The van der Waals surface area contributed by atoms with Crippen LogP contribution in [0.5, 0.6) is 0 Å². The molecular weight excluding hydrogens is 162 g/mol. The number of carbonyl (C=O) groups excluding carboxylic acids is 1. The van der Waals surface area contributed by atoms with Crippen LogP contribution in [0, 0.1) is 0 Å². The van der Waals surface area contributed by atoms with Crippen molar-refractivity contribution in [2.45, 2.75) is 18.4 Å². The molecule has 0 aromatic heterocycles. The molecule has 0 spiro atoms. The maximum absolute atomic E-state index is 10.5. The van der Waals surface area contributed by atoms with Crippen molar-refractivity contribution in [3.8, 4) is 0 Å². The fourth-order valence-electron chi connectivity index (χ4n) is 1.85. The highest BCUT2D eigenvalue weighted by Gasteiger charge is 2.24. The van der Waals surface area contributed by atoms with E-state index in [0.29, 0.717) is 5.92 Å². The molecule has 2 heteroatoms. The zero-order valence-electron chi connectivity index (χ0n) is 7.44. The van der Waals surface area contributed by atoms with Gasteiger partial charge in [0, 0.05) is 6.54 Å². The van der Waals surface area contributed by atoms with Crippen LogP contribution in [0.1, 0.15) is 17.9 Å². The molecule has 0 radical (unpaired) electrons. The largest absolute Gasteiger partial charge is 0.307 e. The average Bonchev–Trinajstić information content (AvgIpc) is 2.67. The topological polar surface area (TPSA) is 29.1 Å². The van der Waals surface area contributed by atoms with Crippen molar-refractivity contribution < 1.29 is 4.79 Å². The van der Waals surface area contributed by atoms with Crippen molar-refractivity contribution in [3.05, 3.63) is 35.9 Å². The van der Waals surface area contributed by atoms with Gasteiger partial charge in [0.15, 0.2) is 0 Å². The van der Waals surface area contributed by atoms with Gasteiger partial charge in [-0.05, 0) is 17.9 Å². The third kappa shape index (κ3) is 1.78. The van der Waals surface area contributed by atoms with Gasteiger partial charge in [-0.1, -0.05) is 30.3 Å². The average molecular weight is 175 g/mol. The van der Waals surface area contributed by atoms with Gasteiger partial charge in [0.05, 0.1) is 6.04 Å². The zero-order valence-corrected chi connectivity index (χ0v) is 7.44. The predicted octanol–water partition coefficient (Wildman–Crippen LogP) is 1.33. The lowest BCUT2D eigenvalue weighted by Crippen LogP contribution is -2.22. The summed E-state index contributed by atoms with van der Waals surface area (Å²) >= 11 is 0. The van der Waals surface area contributed by atoms with Crippen LogP contribution in [0.2, 0.25) is 0 Å². The molecule has 2 rings (SSSR count). The SMILES string of the molecule is O=CC1C[C@H](c2ccccc2)CN1. The van der Waals surface area contributed by atoms with Gasteiger partial charge in [-0.25, -0.2) is 0 Å². The number of nitrogens with one attached hydrogen (secondary N) is 1. The van der Waals surface area contributed by atoms with Crippen molar-refractivity contribution in [2.75, 3.05) is 6.54 Å². The second kappa shape index (κ2) is 3.71. The zero-order chi connectivity index (χ0) is 9.10. The monoisotopic (exact) mass is 175 g/mol. The van der Waals surface area contributed by atoms with Crippen LogP contribution in [-0.4, -0.2) is 18.9 Å². The first-order valence-electron chi connectivity index (χ1n) is 4.64. The minimum absolute atomic E-state index is 0.0604. The van der Waals surface area contributed by atoms with Crippen LogP contribution in [0.25, 0.3) is 0 Å². The molecule has 13 heavy (non-hydrogen) atoms. The Kier molecular flexibility index (Phi) is 2.41. The molecule has 0 saturated carbocycles. The number of hydrogen-bond acceptors (Lipinski definition) is 2. The van der Waals surface area contributed by atoms with Crippen LogP contribution in [0.4, 0.5) is 0 Å². The molecule has 1 saturated heterocycles. The standard InChI is InChI=1S/C11H13NO/c13-8-11-6-10(7-12-11)9-4-2-1-3-5-9/h1-5,8,10-12H,6-7H2/t10-,11?/m0/s1. The summed E-state index contributed by atoms with van der Waals surface area (Å²) in [4.78, 5) is 10.5. The summed E-state index contributed by atoms with van der Waals surface area (Å²) in [6.07, 6.45) is 1.94. The van der Waals surface area contributed by atoms with E-state index in [1.54, 1.807) is 0 Å². The van der Waals surface area contributed by atoms with E-state index in [1.807, 2.05) is 18.2 Å². The maximum atomic E-state index is 10.5. The third-order valence-electron chi connectivity index (χ3n) is 2.60. The minimum Gasteiger partial charge on any atom is -0.307 e. The number of carbonyl (C=O) groups is 1. The molecule has 0 amide bonds. The molecule has 1 aromatic carbocycles. The molecule has 2 nitrogen and oxygen atoms in total. The number of aldehydes is 1. The van der Waals surface area contributed by atoms with Crippen molar-refractivity contribution in [1.29, 1.82) is 0 Å². The first-order valence-corrected chi connectivity index (χ1v) is 4.64. The van der Waals surface area contributed by atoms with Gasteiger partial charge < -0.3 is 10.1 Å². The first kappa shape index (κ1) is 8.45. The smallest absolute Gasteiger partial charge is 0.136 e. The number of rotatable bonds is 2. The van der Waals surface area contributed by atoms with E-state index < -0.39 is 0 Å². The Balaban J connectivity index is 2.08. The van der Waals surface area contributed by atoms with Gasteiger partial charge >= 0.3 is 0 Å². The molecule has 0 bridgehead atoms. The molecule has 1 aliphatic rings. The van der Waals surface area contributed by atoms with Gasteiger partial charge in [0.2, 0.25) is 0 Å². The van der Waals surface area contributed by atoms with E-state index in [0.717, 1.165) is 19.3 Å². The quantitative estimate of drug-likeness (QED) is 0.687. The molecule has 1 fully saturated rings. The van der Waals surface area contributed by atoms with Crippen molar-refractivity contribution in [1.82, 2.24) is 5.32 Å². The Morgan fingerprint density at radius 1 is 1.31 bits per heavy atom. The molecule has 1 aromatic rings. The Morgan fingerprint density at radius 3 is 2.69 bits per heavy atom. The summed E-state index contributed by atoms with van der Waals surface area (Å²) in [6.45, 7) is 0.924. The highest BCUT2D eigenvalue weighted by Crippen LogP contribution is 2.24. The predicted molar refractivity (Wildman–Crippen MR) is 51.7 cm³/mol. The highest BCUT2D eigenvalue weighted by atomic mass is 16.1. The van der Waals surface area contributed by atoms with Crippen LogP contribution >= 0.6 is 0 Å². The maximum Gasteiger partial charge on any atom is 0.136 e. The number of hydrogen-bond donors (Lipinski definition) is 1. The van der Waals surface area contributed by atoms with Gasteiger partial charge in [0.1, 0.15) is 6.29 Å². The van der Waals surface area contributed by atoms with Crippen LogP contribution in [0.15, 0.2) is 30.3 Å². The fourth-order valence-corrected chi connectivity index (χ4v) is 1.85. The van der Waals surface area contributed by atoms with Gasteiger partial charge in [-0.3, -0.25) is 0 Å². The Labute approximate surface area is 78.0 Å². The third-order valence-corrected chi connectivity index (χ3v) is 2.60. The van der Waals surface area contributed by atoms with E-state index >= 15 is 0 Å². The van der Waals surface area contributed by atoms with Gasteiger partial charge in [-0.15, -0.1) is 0 Å². The lowest BCUT2D eigenvalue weighted by Gasteiger charge is -2.07. The minimum atomic E-state index is 0.0604. The van der Waals surface area contributed by atoms with Gasteiger partial charge in [0.25, 0.3) is 0 Å². The van der Waals surface area contributed by atoms with E-state index in [1.165, 1.54) is 5.56 Å². The van der Waals surface area contributed by atoms with Gasteiger partial charge in [-0.2, -0.15) is 0 Å². The molecule has 1 heterocycles. The molecular formula is C11H13NO. The van der Waals surface area contributed by atoms with E-state index in [-0.39, 0.29) is 6.04 Å². The Hall–Kier alpha value is -1.15. The van der Waals surface area contributed by atoms with E-state index in [2.05, 4.69) is 17.4 Å². The summed E-state index contributed by atoms with van der Waals surface area (Å²) in [5, 5.41) is 3.19. The Morgan fingerprint density at radius 2 is 2.08 bits per heavy atom.